The SMILES string of the molecule is CCCCc1ccc2c(c1)[C@H]1O[C@@H](COc3ccc(F)cc3)[C@H](C(=O)O)C[C@@H]1C(C)(C)O2. The quantitative estimate of drug-likeness (QED) is 0.608. The molecule has 172 valence electrons. The van der Waals surface area contributed by atoms with Crippen LogP contribution in [0.5, 0.6) is 11.5 Å². The Labute approximate surface area is 188 Å². The molecule has 2 aliphatic rings. The van der Waals surface area contributed by atoms with E-state index in [1.807, 2.05) is 19.9 Å². The highest BCUT2D eigenvalue weighted by molar-refractivity contribution is 5.71. The third-order valence-corrected chi connectivity index (χ3v) is 6.65. The van der Waals surface area contributed by atoms with Crippen molar-refractivity contribution in [2.75, 3.05) is 6.61 Å². The van der Waals surface area contributed by atoms with Gasteiger partial charge in [0, 0.05) is 11.5 Å². The summed E-state index contributed by atoms with van der Waals surface area (Å²) in [6, 6.07) is 12.0. The van der Waals surface area contributed by atoms with Crippen molar-refractivity contribution in [3.05, 3.63) is 59.4 Å². The molecule has 1 N–H and O–H groups in total. The molecule has 2 aliphatic heterocycles. The number of aryl methyl sites for hydroxylation is 1. The predicted molar refractivity (Wildman–Crippen MR) is 119 cm³/mol. The molecular formula is C26H31FO5. The maximum absolute atomic E-state index is 13.2. The number of benzene rings is 2. The van der Waals surface area contributed by atoms with Crippen molar-refractivity contribution < 1.29 is 28.5 Å². The van der Waals surface area contributed by atoms with Crippen LogP contribution >= 0.6 is 0 Å². The van der Waals surface area contributed by atoms with E-state index in [2.05, 4.69) is 19.1 Å². The van der Waals surface area contributed by atoms with Crippen LogP contribution in [-0.4, -0.2) is 29.4 Å². The Morgan fingerprint density at radius 3 is 2.66 bits per heavy atom. The van der Waals surface area contributed by atoms with Crippen molar-refractivity contribution in [2.45, 2.75) is 64.3 Å². The van der Waals surface area contributed by atoms with Crippen LogP contribution < -0.4 is 9.47 Å². The lowest BCUT2D eigenvalue weighted by molar-refractivity contribution is -0.192. The van der Waals surface area contributed by atoms with E-state index in [1.54, 1.807) is 0 Å². The smallest absolute Gasteiger partial charge is 0.309 e. The second kappa shape index (κ2) is 9.10. The van der Waals surface area contributed by atoms with Gasteiger partial charge >= 0.3 is 5.97 Å². The minimum Gasteiger partial charge on any atom is -0.491 e. The number of unbranched alkanes of at least 4 members (excludes halogenated alkanes) is 1. The summed E-state index contributed by atoms with van der Waals surface area (Å²) in [5, 5.41) is 9.91. The van der Waals surface area contributed by atoms with Crippen molar-refractivity contribution in [1.29, 1.82) is 0 Å². The van der Waals surface area contributed by atoms with Crippen molar-refractivity contribution in [3.8, 4) is 11.5 Å². The summed E-state index contributed by atoms with van der Waals surface area (Å²) in [6.07, 6.45) is 2.75. The molecule has 0 amide bonds. The lowest BCUT2D eigenvalue weighted by Crippen LogP contribution is -2.53. The fourth-order valence-corrected chi connectivity index (χ4v) is 4.80. The summed E-state index contributed by atoms with van der Waals surface area (Å²) in [6.45, 7) is 6.24. The second-order valence-corrected chi connectivity index (χ2v) is 9.33. The van der Waals surface area contributed by atoms with Gasteiger partial charge in [0.05, 0.1) is 12.0 Å². The molecule has 0 aliphatic carbocycles. The van der Waals surface area contributed by atoms with Crippen LogP contribution in [-0.2, 0) is 16.0 Å². The van der Waals surface area contributed by atoms with Gasteiger partial charge in [-0.1, -0.05) is 19.4 Å². The minimum absolute atomic E-state index is 0.0813. The van der Waals surface area contributed by atoms with E-state index in [-0.39, 0.29) is 24.4 Å². The normalized spacial score (nSPS) is 25.9. The largest absolute Gasteiger partial charge is 0.491 e. The fourth-order valence-electron chi connectivity index (χ4n) is 4.80. The van der Waals surface area contributed by atoms with Crippen LogP contribution in [0.3, 0.4) is 0 Å². The highest BCUT2D eigenvalue weighted by Gasteiger charge is 2.52. The summed E-state index contributed by atoms with van der Waals surface area (Å²) in [5.41, 5.74) is 1.66. The van der Waals surface area contributed by atoms with Crippen LogP contribution in [0, 0.1) is 17.7 Å². The first-order chi connectivity index (χ1) is 15.3. The zero-order chi connectivity index (χ0) is 22.9. The minimum atomic E-state index is -0.908. The molecule has 2 heterocycles. The molecule has 1 fully saturated rings. The molecule has 0 unspecified atom stereocenters. The van der Waals surface area contributed by atoms with E-state index >= 15 is 0 Å². The highest BCUT2D eigenvalue weighted by atomic mass is 19.1. The van der Waals surface area contributed by atoms with E-state index in [4.69, 9.17) is 14.2 Å². The second-order valence-electron chi connectivity index (χ2n) is 9.33. The molecule has 5 nitrogen and oxygen atoms in total. The van der Waals surface area contributed by atoms with Crippen LogP contribution in [0.1, 0.15) is 57.3 Å². The number of carbonyl (C=O) groups is 1. The van der Waals surface area contributed by atoms with Gasteiger partial charge in [-0.15, -0.1) is 0 Å². The summed E-state index contributed by atoms with van der Waals surface area (Å²) >= 11 is 0. The molecular weight excluding hydrogens is 411 g/mol. The molecule has 0 radical (unpaired) electrons. The summed E-state index contributed by atoms with van der Waals surface area (Å²) in [7, 11) is 0. The zero-order valence-corrected chi connectivity index (χ0v) is 18.8. The van der Waals surface area contributed by atoms with E-state index in [0.29, 0.717) is 12.2 Å². The van der Waals surface area contributed by atoms with Crippen molar-refractivity contribution in [1.82, 2.24) is 0 Å². The number of aliphatic carboxylic acids is 1. The van der Waals surface area contributed by atoms with Gasteiger partial charge in [0.2, 0.25) is 0 Å². The van der Waals surface area contributed by atoms with Gasteiger partial charge in [-0.25, -0.2) is 4.39 Å². The fraction of sp³-hybridized carbons (Fsp3) is 0.500. The van der Waals surface area contributed by atoms with E-state index in [9.17, 15) is 14.3 Å². The monoisotopic (exact) mass is 442 g/mol. The van der Waals surface area contributed by atoms with E-state index < -0.39 is 23.6 Å². The zero-order valence-electron chi connectivity index (χ0n) is 18.8. The Morgan fingerprint density at radius 1 is 1.22 bits per heavy atom. The lowest BCUT2D eigenvalue weighted by Gasteiger charge is -2.50. The highest BCUT2D eigenvalue weighted by Crippen LogP contribution is 2.52. The van der Waals surface area contributed by atoms with Gasteiger partial charge in [-0.3, -0.25) is 4.79 Å². The van der Waals surface area contributed by atoms with Crippen LogP contribution in [0.2, 0.25) is 0 Å². The molecule has 2 aromatic rings. The summed E-state index contributed by atoms with van der Waals surface area (Å²) < 4.78 is 31.8. The van der Waals surface area contributed by atoms with Crippen molar-refractivity contribution in [3.63, 3.8) is 0 Å². The number of hydrogen-bond acceptors (Lipinski definition) is 4. The average molecular weight is 443 g/mol. The third-order valence-electron chi connectivity index (χ3n) is 6.65. The maximum Gasteiger partial charge on any atom is 0.309 e. The third kappa shape index (κ3) is 4.60. The van der Waals surface area contributed by atoms with Gasteiger partial charge in [-0.2, -0.15) is 0 Å². The average Bonchev–Trinajstić information content (AvgIpc) is 2.76. The number of ether oxygens (including phenoxy) is 3. The Bertz CT molecular complexity index is 955. The molecule has 1 saturated heterocycles. The van der Waals surface area contributed by atoms with Crippen molar-refractivity contribution in [2.24, 2.45) is 11.8 Å². The lowest BCUT2D eigenvalue weighted by atomic mass is 9.71. The number of rotatable bonds is 7. The molecule has 32 heavy (non-hydrogen) atoms. The first-order valence-electron chi connectivity index (χ1n) is 11.4. The topological polar surface area (TPSA) is 65.0 Å². The molecule has 0 saturated carbocycles. The number of fused-ring (bicyclic) bond motifs is 3. The molecule has 0 bridgehead atoms. The Balaban J connectivity index is 1.61. The molecule has 0 aromatic heterocycles. The van der Waals surface area contributed by atoms with Crippen LogP contribution in [0.4, 0.5) is 4.39 Å². The Hall–Kier alpha value is -2.60. The Kier molecular flexibility index (Phi) is 6.42. The van der Waals surface area contributed by atoms with Crippen molar-refractivity contribution >= 4 is 5.97 Å². The molecule has 2 aromatic carbocycles. The van der Waals surface area contributed by atoms with Gasteiger partial charge in [0.1, 0.15) is 35.6 Å². The van der Waals surface area contributed by atoms with E-state index in [1.165, 1.54) is 29.8 Å². The Morgan fingerprint density at radius 2 is 1.97 bits per heavy atom. The molecule has 6 heteroatoms. The first-order valence-corrected chi connectivity index (χ1v) is 11.4. The predicted octanol–water partition coefficient (Wildman–Crippen LogP) is 5.57. The first kappa shape index (κ1) is 22.6. The van der Waals surface area contributed by atoms with Crippen LogP contribution in [0.15, 0.2) is 42.5 Å². The summed E-state index contributed by atoms with van der Waals surface area (Å²) in [5.74, 6) is -0.796. The molecule has 0 spiro atoms. The number of halogens is 1. The van der Waals surface area contributed by atoms with Gasteiger partial charge < -0.3 is 19.3 Å². The van der Waals surface area contributed by atoms with Crippen LogP contribution in [0.25, 0.3) is 0 Å². The number of hydrogen-bond donors (Lipinski definition) is 1. The van der Waals surface area contributed by atoms with E-state index in [0.717, 1.165) is 30.6 Å². The molecule has 4 rings (SSSR count). The van der Waals surface area contributed by atoms with Gasteiger partial charge in [0.25, 0.3) is 0 Å². The number of carboxylic acids is 1. The van der Waals surface area contributed by atoms with Gasteiger partial charge in [-0.05, 0) is 75.1 Å². The summed E-state index contributed by atoms with van der Waals surface area (Å²) in [4.78, 5) is 12.1. The maximum atomic E-state index is 13.2. The number of carboxylic acid groups (broad SMARTS) is 1. The standard InChI is InChI=1S/C26H31FO5/c1-4-5-6-16-7-12-22-19(13-16)24-21(26(2,3)32-22)14-20(25(28)29)23(31-24)15-30-18-10-8-17(27)9-11-18/h7-13,20-21,23-24H,4-6,14-15H2,1-3H3,(H,28,29)/t20-,21+,23+,24-/m1/s1. The molecule has 4 atom stereocenters. The van der Waals surface area contributed by atoms with Gasteiger partial charge in [0.15, 0.2) is 0 Å².